The van der Waals surface area contributed by atoms with Crippen molar-refractivity contribution in [3.8, 4) is 0 Å². The molecule has 0 bridgehead atoms. The quantitative estimate of drug-likeness (QED) is 0.823. The van der Waals surface area contributed by atoms with Crippen LogP contribution in [0.3, 0.4) is 0 Å². The molecule has 0 aromatic heterocycles. The summed E-state index contributed by atoms with van der Waals surface area (Å²) < 4.78 is 13.1. The van der Waals surface area contributed by atoms with E-state index in [0.29, 0.717) is 11.3 Å². The third-order valence-corrected chi connectivity index (χ3v) is 4.99. The number of anilines is 2. The molecule has 2 aromatic carbocycles. The minimum Gasteiger partial charge on any atom is -0.369 e. The molecular weight excluding hydrogens is 345 g/mol. The van der Waals surface area contributed by atoms with Crippen LogP contribution >= 0.6 is 0 Å². The van der Waals surface area contributed by atoms with E-state index in [2.05, 4.69) is 15.1 Å². The van der Waals surface area contributed by atoms with Crippen molar-refractivity contribution in [2.75, 3.05) is 36.4 Å². The molecule has 1 amide bonds. The minimum atomic E-state index is -0.257. The van der Waals surface area contributed by atoms with Crippen LogP contribution in [0, 0.1) is 5.82 Å². The molecule has 0 unspecified atom stereocenters. The highest BCUT2D eigenvalue weighted by atomic mass is 19.1. The summed E-state index contributed by atoms with van der Waals surface area (Å²) in [6.07, 6.45) is 0. The van der Waals surface area contributed by atoms with E-state index in [1.807, 2.05) is 6.92 Å². The number of benzene rings is 2. The molecule has 1 aliphatic heterocycles. The Morgan fingerprint density at radius 2 is 1.56 bits per heavy atom. The van der Waals surface area contributed by atoms with Crippen LogP contribution in [0.1, 0.15) is 24.2 Å². The predicted molar refractivity (Wildman–Crippen MR) is 105 cm³/mol. The lowest BCUT2D eigenvalue weighted by Crippen LogP contribution is -2.52. The van der Waals surface area contributed by atoms with Crippen molar-refractivity contribution in [3.05, 3.63) is 59.9 Å². The Labute approximate surface area is 158 Å². The lowest BCUT2D eigenvalue weighted by Gasteiger charge is -2.38. The van der Waals surface area contributed by atoms with Crippen molar-refractivity contribution in [3.63, 3.8) is 0 Å². The third-order valence-electron chi connectivity index (χ3n) is 4.99. The number of nitrogens with one attached hydrogen (secondary N) is 1. The minimum absolute atomic E-state index is 0.000250. The van der Waals surface area contributed by atoms with Gasteiger partial charge in [0, 0.05) is 43.1 Å². The Hall–Kier alpha value is -2.73. The maximum absolute atomic E-state index is 13.1. The van der Waals surface area contributed by atoms with E-state index in [9.17, 15) is 14.0 Å². The van der Waals surface area contributed by atoms with Crippen molar-refractivity contribution in [2.45, 2.75) is 19.9 Å². The molecule has 1 atom stereocenters. The summed E-state index contributed by atoms with van der Waals surface area (Å²) in [6.45, 7) is 6.51. The van der Waals surface area contributed by atoms with Gasteiger partial charge in [-0.1, -0.05) is 0 Å². The van der Waals surface area contributed by atoms with Crippen LogP contribution in [0.5, 0.6) is 0 Å². The first-order valence-corrected chi connectivity index (χ1v) is 9.10. The van der Waals surface area contributed by atoms with Gasteiger partial charge in [0.15, 0.2) is 5.78 Å². The van der Waals surface area contributed by atoms with Crippen molar-refractivity contribution >= 4 is 23.1 Å². The predicted octanol–water partition coefficient (Wildman–Crippen LogP) is 3.18. The van der Waals surface area contributed by atoms with E-state index >= 15 is 0 Å². The molecule has 1 N–H and O–H groups in total. The highest BCUT2D eigenvalue weighted by Gasteiger charge is 2.25. The molecular formula is C21H24FN3O2. The van der Waals surface area contributed by atoms with Crippen LogP contribution in [0.15, 0.2) is 48.5 Å². The fourth-order valence-corrected chi connectivity index (χ4v) is 3.22. The van der Waals surface area contributed by atoms with Crippen LogP contribution in [0.2, 0.25) is 0 Å². The van der Waals surface area contributed by atoms with E-state index in [1.165, 1.54) is 19.1 Å². The van der Waals surface area contributed by atoms with Gasteiger partial charge in [-0.3, -0.25) is 14.5 Å². The number of piperazine rings is 1. The summed E-state index contributed by atoms with van der Waals surface area (Å²) in [5, 5.41) is 2.91. The molecule has 0 spiro atoms. The zero-order valence-electron chi connectivity index (χ0n) is 15.6. The molecule has 1 heterocycles. The Kier molecular flexibility index (Phi) is 5.86. The Morgan fingerprint density at radius 1 is 0.963 bits per heavy atom. The second-order valence-electron chi connectivity index (χ2n) is 6.80. The Morgan fingerprint density at radius 3 is 2.11 bits per heavy atom. The number of carbonyl (C=O) groups excluding carboxylic acids is 2. The molecule has 3 rings (SSSR count). The van der Waals surface area contributed by atoms with Crippen LogP contribution in [-0.2, 0) is 4.79 Å². The lowest BCUT2D eigenvalue weighted by molar-refractivity contribution is -0.120. The average molecular weight is 369 g/mol. The molecule has 1 fully saturated rings. The van der Waals surface area contributed by atoms with Gasteiger partial charge in [0.25, 0.3) is 0 Å². The van der Waals surface area contributed by atoms with Gasteiger partial charge in [-0.15, -0.1) is 0 Å². The van der Waals surface area contributed by atoms with Gasteiger partial charge in [0.05, 0.1) is 6.04 Å². The number of rotatable bonds is 5. The van der Waals surface area contributed by atoms with Crippen molar-refractivity contribution in [1.29, 1.82) is 0 Å². The van der Waals surface area contributed by atoms with E-state index in [0.717, 1.165) is 31.9 Å². The normalized spacial score (nSPS) is 16.0. The summed E-state index contributed by atoms with van der Waals surface area (Å²) >= 11 is 0. The van der Waals surface area contributed by atoms with Crippen molar-refractivity contribution in [1.82, 2.24) is 4.90 Å². The third kappa shape index (κ3) is 4.71. The first-order chi connectivity index (χ1) is 12.9. The molecule has 6 heteroatoms. The number of hydrogen-bond acceptors (Lipinski definition) is 4. The molecule has 0 radical (unpaired) electrons. The molecule has 1 aliphatic rings. The molecule has 0 saturated carbocycles. The Bertz CT molecular complexity index is 797. The first-order valence-electron chi connectivity index (χ1n) is 9.10. The number of carbonyl (C=O) groups is 2. The summed E-state index contributed by atoms with van der Waals surface area (Å²) in [7, 11) is 0. The lowest BCUT2D eigenvalue weighted by atomic mass is 10.1. The SMILES string of the molecule is CC(=O)c1ccc(NC(=O)[C@@H](C)N2CCN(c3ccc(F)cc3)CC2)cc1. The fourth-order valence-electron chi connectivity index (χ4n) is 3.22. The van der Waals surface area contributed by atoms with Gasteiger partial charge in [-0.2, -0.15) is 0 Å². The zero-order chi connectivity index (χ0) is 19.4. The van der Waals surface area contributed by atoms with Crippen LogP contribution in [0.25, 0.3) is 0 Å². The Balaban J connectivity index is 1.53. The standard InChI is InChI=1S/C21H24FN3O2/c1-15(21(27)23-19-7-3-17(4-8-19)16(2)26)24-11-13-25(14-12-24)20-9-5-18(22)6-10-20/h3-10,15H,11-14H2,1-2H3,(H,23,27)/t15-/m1/s1. The second kappa shape index (κ2) is 8.31. The van der Waals surface area contributed by atoms with E-state index < -0.39 is 0 Å². The highest BCUT2D eigenvalue weighted by Crippen LogP contribution is 2.18. The fraction of sp³-hybridized carbons (Fsp3) is 0.333. The molecule has 27 heavy (non-hydrogen) atoms. The van der Waals surface area contributed by atoms with Gasteiger partial charge < -0.3 is 10.2 Å². The van der Waals surface area contributed by atoms with E-state index in [-0.39, 0.29) is 23.5 Å². The van der Waals surface area contributed by atoms with E-state index in [1.54, 1.807) is 36.4 Å². The van der Waals surface area contributed by atoms with Crippen molar-refractivity contribution in [2.24, 2.45) is 0 Å². The van der Waals surface area contributed by atoms with Crippen LogP contribution < -0.4 is 10.2 Å². The molecule has 1 saturated heterocycles. The van der Waals surface area contributed by atoms with Crippen molar-refractivity contribution < 1.29 is 14.0 Å². The number of hydrogen-bond donors (Lipinski definition) is 1. The molecule has 2 aromatic rings. The van der Waals surface area contributed by atoms with Gasteiger partial charge in [-0.05, 0) is 62.4 Å². The van der Waals surface area contributed by atoms with Gasteiger partial charge >= 0.3 is 0 Å². The number of amides is 1. The first kappa shape index (κ1) is 19.0. The maximum Gasteiger partial charge on any atom is 0.241 e. The number of ketones is 1. The topological polar surface area (TPSA) is 52.7 Å². The summed E-state index contributed by atoms with van der Waals surface area (Å²) in [4.78, 5) is 28.2. The van der Waals surface area contributed by atoms with Crippen LogP contribution in [0.4, 0.5) is 15.8 Å². The van der Waals surface area contributed by atoms with Gasteiger partial charge in [-0.25, -0.2) is 4.39 Å². The summed E-state index contributed by atoms with van der Waals surface area (Å²) in [6, 6.07) is 13.2. The highest BCUT2D eigenvalue weighted by molar-refractivity contribution is 5.97. The summed E-state index contributed by atoms with van der Waals surface area (Å²) in [5.74, 6) is -0.305. The number of nitrogens with zero attached hydrogens (tertiary/aromatic N) is 2. The average Bonchev–Trinajstić information content (AvgIpc) is 2.68. The van der Waals surface area contributed by atoms with Gasteiger partial charge in [0.1, 0.15) is 5.82 Å². The maximum atomic E-state index is 13.1. The molecule has 0 aliphatic carbocycles. The monoisotopic (exact) mass is 369 g/mol. The number of Topliss-reactive ketones (excluding diaryl/α,β-unsaturated/α-hetero) is 1. The number of halogens is 1. The molecule has 142 valence electrons. The summed E-state index contributed by atoms with van der Waals surface area (Å²) in [5.41, 5.74) is 2.30. The largest absolute Gasteiger partial charge is 0.369 e. The zero-order valence-corrected chi connectivity index (χ0v) is 15.6. The molecule has 5 nitrogen and oxygen atoms in total. The smallest absolute Gasteiger partial charge is 0.241 e. The van der Waals surface area contributed by atoms with Crippen LogP contribution in [-0.4, -0.2) is 48.8 Å². The van der Waals surface area contributed by atoms with Gasteiger partial charge in [0.2, 0.25) is 5.91 Å². The second-order valence-corrected chi connectivity index (χ2v) is 6.80. The van der Waals surface area contributed by atoms with E-state index in [4.69, 9.17) is 0 Å².